The Morgan fingerprint density at radius 3 is 2.64 bits per heavy atom. The van der Waals surface area contributed by atoms with Crippen LogP contribution in [0.25, 0.3) is 11.3 Å². The van der Waals surface area contributed by atoms with E-state index in [1.54, 1.807) is 7.11 Å². The number of rotatable bonds is 6. The first-order valence-electron chi connectivity index (χ1n) is 7.13. The summed E-state index contributed by atoms with van der Waals surface area (Å²) in [5.41, 5.74) is 1.72. The average Bonchev–Trinajstić information content (AvgIpc) is 3.04. The summed E-state index contributed by atoms with van der Waals surface area (Å²) in [6, 6.07) is 9.64. The molecule has 5 heteroatoms. The number of benzene rings is 1. The maximum atomic E-state index is 12.3. The quantitative estimate of drug-likeness (QED) is 0.807. The van der Waals surface area contributed by atoms with Crippen LogP contribution in [-0.2, 0) is 4.79 Å². The molecule has 114 valence electrons. The van der Waals surface area contributed by atoms with E-state index in [1.807, 2.05) is 43.5 Å². The summed E-state index contributed by atoms with van der Waals surface area (Å²) >= 11 is 1.36. The Hall–Kier alpha value is -2.19. The third kappa shape index (κ3) is 3.34. The van der Waals surface area contributed by atoms with Gasteiger partial charge in [-0.1, -0.05) is 13.8 Å². The molecule has 2 rings (SSSR count). The zero-order valence-corrected chi connectivity index (χ0v) is 13.7. The molecule has 0 unspecified atom stereocenters. The van der Waals surface area contributed by atoms with Crippen LogP contribution < -0.4 is 4.74 Å². The zero-order chi connectivity index (χ0) is 16.1. The number of carbonyl (C=O) groups excluding carboxylic acids is 1. The van der Waals surface area contributed by atoms with Crippen LogP contribution in [0.4, 0.5) is 0 Å². The highest BCUT2D eigenvalue weighted by Crippen LogP contribution is 2.29. The van der Waals surface area contributed by atoms with Gasteiger partial charge in [-0.15, -0.1) is 11.3 Å². The monoisotopic (exact) mass is 314 g/mol. The summed E-state index contributed by atoms with van der Waals surface area (Å²) in [6.45, 7) is 3.80. The molecular formula is C17H18N2O2S. The Morgan fingerprint density at radius 2 is 2.09 bits per heavy atom. The lowest BCUT2D eigenvalue weighted by Crippen LogP contribution is -2.18. The Balaban J connectivity index is 2.26. The fourth-order valence-corrected chi connectivity index (χ4v) is 2.92. The van der Waals surface area contributed by atoms with Crippen molar-refractivity contribution in [2.24, 2.45) is 5.92 Å². The van der Waals surface area contributed by atoms with Gasteiger partial charge in [0.05, 0.1) is 18.9 Å². The van der Waals surface area contributed by atoms with Crippen molar-refractivity contribution in [1.29, 1.82) is 5.26 Å². The molecule has 0 radical (unpaired) electrons. The molecule has 2 atom stereocenters. The van der Waals surface area contributed by atoms with Crippen LogP contribution in [0.1, 0.15) is 31.2 Å². The average molecular weight is 314 g/mol. The highest BCUT2D eigenvalue weighted by atomic mass is 32.1. The lowest BCUT2D eigenvalue weighted by atomic mass is 9.93. The molecule has 0 saturated heterocycles. The molecule has 1 aromatic heterocycles. The van der Waals surface area contributed by atoms with E-state index in [4.69, 9.17) is 4.74 Å². The molecule has 0 fully saturated rings. The van der Waals surface area contributed by atoms with E-state index >= 15 is 0 Å². The van der Waals surface area contributed by atoms with E-state index in [2.05, 4.69) is 11.1 Å². The van der Waals surface area contributed by atoms with Crippen LogP contribution >= 0.6 is 11.3 Å². The normalized spacial score (nSPS) is 13.2. The molecule has 1 aromatic carbocycles. The predicted molar refractivity (Wildman–Crippen MR) is 86.9 cm³/mol. The van der Waals surface area contributed by atoms with Gasteiger partial charge in [0.15, 0.2) is 11.7 Å². The number of ketones is 1. The summed E-state index contributed by atoms with van der Waals surface area (Å²) < 4.78 is 5.13. The number of ether oxygens (including phenoxy) is 1. The number of hydrogen-bond acceptors (Lipinski definition) is 5. The molecular weight excluding hydrogens is 296 g/mol. The lowest BCUT2D eigenvalue weighted by Gasteiger charge is -2.10. The minimum absolute atomic E-state index is 0.0550. The van der Waals surface area contributed by atoms with Gasteiger partial charge >= 0.3 is 0 Å². The van der Waals surface area contributed by atoms with Crippen LogP contribution in [0.15, 0.2) is 29.6 Å². The van der Waals surface area contributed by atoms with Crippen molar-refractivity contribution in [1.82, 2.24) is 4.98 Å². The molecule has 2 aromatic rings. The van der Waals surface area contributed by atoms with Gasteiger partial charge in [0.2, 0.25) is 0 Å². The first-order chi connectivity index (χ1) is 10.6. The fourth-order valence-electron chi connectivity index (χ4n) is 2.04. The number of hydrogen-bond donors (Lipinski definition) is 0. The third-order valence-electron chi connectivity index (χ3n) is 3.67. The largest absolute Gasteiger partial charge is 0.497 e. The van der Waals surface area contributed by atoms with Gasteiger partial charge in [-0.05, 0) is 30.7 Å². The smallest absolute Gasteiger partial charge is 0.159 e. The fraction of sp³-hybridized carbons (Fsp3) is 0.353. The number of Topliss-reactive ketones (excluding diaryl/α,β-unsaturated/α-hetero) is 1. The SMILES string of the molecule is CC[C@@H](C)C(=O)[C@H](C#N)c1nc(-c2ccc(OC)cc2)cs1. The molecule has 0 amide bonds. The molecule has 0 aliphatic heterocycles. The van der Waals surface area contributed by atoms with Gasteiger partial charge < -0.3 is 4.74 Å². The second kappa shape index (κ2) is 7.19. The molecule has 0 aliphatic carbocycles. The summed E-state index contributed by atoms with van der Waals surface area (Å²) in [5, 5.41) is 11.8. The maximum Gasteiger partial charge on any atom is 0.159 e. The van der Waals surface area contributed by atoms with Crippen molar-refractivity contribution >= 4 is 17.1 Å². The summed E-state index contributed by atoms with van der Waals surface area (Å²) in [7, 11) is 1.62. The van der Waals surface area contributed by atoms with E-state index in [0.717, 1.165) is 23.4 Å². The second-order valence-corrected chi connectivity index (χ2v) is 5.96. The van der Waals surface area contributed by atoms with Gasteiger partial charge in [-0.25, -0.2) is 4.98 Å². The number of nitriles is 1. The van der Waals surface area contributed by atoms with Crippen molar-refractivity contribution < 1.29 is 9.53 Å². The number of carbonyl (C=O) groups is 1. The van der Waals surface area contributed by atoms with Crippen molar-refractivity contribution in [3.05, 3.63) is 34.7 Å². The van der Waals surface area contributed by atoms with Crippen LogP contribution in [0.5, 0.6) is 5.75 Å². The Kier molecular flexibility index (Phi) is 5.29. The second-order valence-electron chi connectivity index (χ2n) is 5.07. The molecule has 0 saturated carbocycles. The summed E-state index contributed by atoms with van der Waals surface area (Å²) in [4.78, 5) is 16.7. The van der Waals surface area contributed by atoms with Crippen LogP contribution in [0.3, 0.4) is 0 Å². The van der Waals surface area contributed by atoms with Gasteiger partial charge in [-0.2, -0.15) is 5.26 Å². The molecule has 22 heavy (non-hydrogen) atoms. The Labute approximate surface area is 134 Å². The minimum atomic E-state index is -0.771. The molecule has 1 heterocycles. The lowest BCUT2D eigenvalue weighted by molar-refractivity contribution is -0.122. The molecule has 0 bridgehead atoms. The van der Waals surface area contributed by atoms with Crippen molar-refractivity contribution in [2.75, 3.05) is 7.11 Å². The first kappa shape index (κ1) is 16.2. The van der Waals surface area contributed by atoms with E-state index in [0.29, 0.717) is 5.01 Å². The van der Waals surface area contributed by atoms with Crippen molar-refractivity contribution in [3.63, 3.8) is 0 Å². The minimum Gasteiger partial charge on any atom is -0.497 e. The summed E-state index contributed by atoms with van der Waals surface area (Å²) in [5.74, 6) is -0.174. The number of thiazole rings is 1. The highest BCUT2D eigenvalue weighted by Gasteiger charge is 2.27. The number of methoxy groups -OCH3 is 1. The number of nitrogens with zero attached hydrogens (tertiary/aromatic N) is 2. The zero-order valence-electron chi connectivity index (χ0n) is 12.9. The van der Waals surface area contributed by atoms with E-state index in [-0.39, 0.29) is 11.7 Å². The standard InChI is InChI=1S/C17H18N2O2S/c1-4-11(2)16(20)14(9-18)17-19-15(10-22-17)12-5-7-13(21-3)8-6-12/h5-8,10-11,14H,4H2,1-3H3/t11-,14+/m1/s1. The van der Waals surface area contributed by atoms with Crippen LogP contribution in [-0.4, -0.2) is 17.9 Å². The highest BCUT2D eigenvalue weighted by molar-refractivity contribution is 7.10. The Morgan fingerprint density at radius 1 is 1.41 bits per heavy atom. The van der Waals surface area contributed by atoms with E-state index in [1.165, 1.54) is 11.3 Å². The number of aromatic nitrogens is 1. The van der Waals surface area contributed by atoms with E-state index < -0.39 is 5.92 Å². The van der Waals surface area contributed by atoms with Gasteiger partial charge in [0.1, 0.15) is 10.8 Å². The van der Waals surface area contributed by atoms with Crippen molar-refractivity contribution in [3.8, 4) is 23.1 Å². The predicted octanol–water partition coefficient (Wildman–Crippen LogP) is 4.04. The van der Waals surface area contributed by atoms with Crippen LogP contribution in [0.2, 0.25) is 0 Å². The van der Waals surface area contributed by atoms with Gasteiger partial charge in [0.25, 0.3) is 0 Å². The van der Waals surface area contributed by atoms with Gasteiger partial charge in [-0.3, -0.25) is 4.79 Å². The molecule has 4 nitrogen and oxygen atoms in total. The van der Waals surface area contributed by atoms with E-state index in [9.17, 15) is 10.1 Å². The molecule has 0 spiro atoms. The summed E-state index contributed by atoms with van der Waals surface area (Å²) in [6.07, 6.45) is 0.730. The third-order valence-corrected chi connectivity index (χ3v) is 4.58. The Bertz CT molecular complexity index is 685. The molecule has 0 N–H and O–H groups in total. The van der Waals surface area contributed by atoms with Gasteiger partial charge in [0, 0.05) is 16.9 Å². The van der Waals surface area contributed by atoms with Crippen LogP contribution in [0, 0.1) is 17.2 Å². The topological polar surface area (TPSA) is 63.0 Å². The van der Waals surface area contributed by atoms with Crippen molar-refractivity contribution in [2.45, 2.75) is 26.2 Å². The molecule has 0 aliphatic rings. The first-order valence-corrected chi connectivity index (χ1v) is 8.01. The maximum absolute atomic E-state index is 12.3.